The van der Waals surface area contributed by atoms with Gasteiger partial charge in [-0.05, 0) is 83.5 Å². The molecule has 2 atom stereocenters. The third-order valence-electron chi connectivity index (χ3n) is 15.0. The lowest BCUT2D eigenvalue weighted by atomic mass is 10.0. The van der Waals surface area contributed by atoms with E-state index in [4.69, 9.17) is 4.74 Å². The smallest absolute Gasteiger partial charge is 0.305 e. The van der Waals surface area contributed by atoms with Gasteiger partial charge >= 0.3 is 5.97 Å². The first-order valence-corrected chi connectivity index (χ1v) is 32.9. The second-order valence-electron chi connectivity index (χ2n) is 22.4. The van der Waals surface area contributed by atoms with Gasteiger partial charge in [0, 0.05) is 12.8 Å². The van der Waals surface area contributed by atoms with Crippen LogP contribution in [-0.4, -0.2) is 47.4 Å². The third-order valence-corrected chi connectivity index (χ3v) is 15.0. The number of nitrogens with one attached hydrogen (secondary N) is 1. The Morgan fingerprint density at radius 1 is 0.378 bits per heavy atom. The first-order valence-electron chi connectivity index (χ1n) is 32.9. The number of hydrogen-bond acceptors (Lipinski definition) is 5. The SMILES string of the molecule is CCC/C=C\C/C=C\CCCCCCCC(=O)OCCCCCCCCCCCCCC/C=C\CCCCCCCCCCCCCC(=O)NC(CO)C(O)/C=C/CCCCCCCCCCCCCCCCC. The zero-order valence-electron chi connectivity index (χ0n) is 49.6. The van der Waals surface area contributed by atoms with Crippen LogP contribution in [-0.2, 0) is 14.3 Å². The molecule has 0 aliphatic heterocycles. The largest absolute Gasteiger partial charge is 0.466 e. The van der Waals surface area contributed by atoms with Gasteiger partial charge in [-0.25, -0.2) is 0 Å². The molecule has 0 fully saturated rings. The Bertz CT molecular complexity index is 1240. The van der Waals surface area contributed by atoms with Crippen LogP contribution in [0, 0.1) is 0 Å². The number of amides is 1. The first-order chi connectivity index (χ1) is 36.5. The van der Waals surface area contributed by atoms with E-state index in [1.165, 1.54) is 270 Å². The second-order valence-corrected chi connectivity index (χ2v) is 22.4. The van der Waals surface area contributed by atoms with Crippen LogP contribution in [0.2, 0.25) is 0 Å². The van der Waals surface area contributed by atoms with Crippen molar-refractivity contribution < 1.29 is 24.5 Å². The Morgan fingerprint density at radius 2 is 0.703 bits per heavy atom. The van der Waals surface area contributed by atoms with Gasteiger partial charge in [-0.2, -0.15) is 0 Å². The molecule has 6 heteroatoms. The average Bonchev–Trinajstić information content (AvgIpc) is 3.40. The van der Waals surface area contributed by atoms with Gasteiger partial charge < -0.3 is 20.3 Å². The highest BCUT2D eigenvalue weighted by molar-refractivity contribution is 5.76. The molecular weight excluding hydrogens is 911 g/mol. The van der Waals surface area contributed by atoms with Crippen LogP contribution in [0.25, 0.3) is 0 Å². The van der Waals surface area contributed by atoms with E-state index in [1.54, 1.807) is 6.08 Å². The molecule has 2 unspecified atom stereocenters. The van der Waals surface area contributed by atoms with E-state index >= 15 is 0 Å². The van der Waals surface area contributed by atoms with Gasteiger partial charge in [-0.15, -0.1) is 0 Å². The monoisotopic (exact) mass is 1040 g/mol. The van der Waals surface area contributed by atoms with Crippen molar-refractivity contribution in [2.45, 2.75) is 360 Å². The molecule has 0 saturated carbocycles. The Kier molecular flexibility index (Phi) is 61.5. The molecule has 0 spiro atoms. The van der Waals surface area contributed by atoms with Crippen LogP contribution in [0.5, 0.6) is 0 Å². The van der Waals surface area contributed by atoms with Crippen LogP contribution in [0.4, 0.5) is 0 Å². The lowest BCUT2D eigenvalue weighted by Gasteiger charge is -2.20. The summed E-state index contributed by atoms with van der Waals surface area (Å²) in [7, 11) is 0. The van der Waals surface area contributed by atoms with E-state index in [2.05, 4.69) is 55.6 Å². The fraction of sp³-hybridized carbons (Fsp3) is 0.853. The van der Waals surface area contributed by atoms with E-state index in [0.717, 1.165) is 51.4 Å². The molecule has 1 amide bonds. The van der Waals surface area contributed by atoms with Crippen LogP contribution in [0.15, 0.2) is 48.6 Å². The highest BCUT2D eigenvalue weighted by Crippen LogP contribution is 2.17. The lowest BCUT2D eigenvalue weighted by Crippen LogP contribution is -2.45. The van der Waals surface area contributed by atoms with Crippen molar-refractivity contribution in [3.05, 3.63) is 48.6 Å². The lowest BCUT2D eigenvalue weighted by molar-refractivity contribution is -0.143. The molecule has 0 bridgehead atoms. The summed E-state index contributed by atoms with van der Waals surface area (Å²) in [6.07, 6.45) is 81.7. The quantitative estimate of drug-likeness (QED) is 0.0320. The molecule has 0 rings (SSSR count). The van der Waals surface area contributed by atoms with Crippen molar-refractivity contribution in [2.24, 2.45) is 0 Å². The molecule has 0 radical (unpaired) electrons. The Balaban J connectivity index is 3.42. The predicted molar refractivity (Wildman–Crippen MR) is 324 cm³/mol. The van der Waals surface area contributed by atoms with Crippen molar-refractivity contribution in [1.82, 2.24) is 5.32 Å². The number of rotatable bonds is 61. The van der Waals surface area contributed by atoms with Gasteiger partial charge in [0.05, 0.1) is 25.4 Å². The minimum Gasteiger partial charge on any atom is -0.466 e. The molecule has 0 aliphatic rings. The number of carbonyl (C=O) groups is 2. The summed E-state index contributed by atoms with van der Waals surface area (Å²) in [5.41, 5.74) is 0. The summed E-state index contributed by atoms with van der Waals surface area (Å²) in [6.45, 7) is 4.85. The molecule has 0 aromatic rings. The number of hydrogen-bond donors (Lipinski definition) is 3. The number of esters is 1. The standard InChI is InChI=1S/C68H127NO5/c1-3-5-7-9-11-13-15-17-18-30-33-37-40-44-48-52-56-60-66(71)65(64-70)69-67(72)61-57-53-49-45-41-38-34-31-28-26-24-22-20-19-21-23-25-27-29-32-35-39-43-47-51-55-59-63-74-68(73)62-58-54-50-46-42-36-16-14-12-10-8-6-4-2/h8,10,14,16,19-20,56,60,65-66,70-71H,3-7,9,11-13,15,17-18,21-55,57-59,61-64H2,1-2H3,(H,69,72)/b10-8-,16-14-,20-19-,60-56+. The highest BCUT2D eigenvalue weighted by Gasteiger charge is 2.18. The molecular formula is C68H127NO5. The van der Waals surface area contributed by atoms with Crippen molar-refractivity contribution in [1.29, 1.82) is 0 Å². The Morgan fingerprint density at radius 3 is 1.09 bits per heavy atom. The van der Waals surface area contributed by atoms with E-state index in [9.17, 15) is 19.8 Å². The minimum absolute atomic E-state index is 0.000847. The first kappa shape index (κ1) is 71.8. The summed E-state index contributed by atoms with van der Waals surface area (Å²) in [5, 5.41) is 23.2. The van der Waals surface area contributed by atoms with Gasteiger partial charge in [-0.3, -0.25) is 9.59 Å². The molecule has 3 N–H and O–H groups in total. The molecule has 0 aromatic heterocycles. The molecule has 0 aromatic carbocycles. The van der Waals surface area contributed by atoms with Crippen molar-refractivity contribution in [2.75, 3.05) is 13.2 Å². The second kappa shape index (κ2) is 63.4. The molecule has 0 saturated heterocycles. The highest BCUT2D eigenvalue weighted by atomic mass is 16.5. The van der Waals surface area contributed by atoms with Crippen molar-refractivity contribution in [3.63, 3.8) is 0 Å². The zero-order valence-corrected chi connectivity index (χ0v) is 49.6. The average molecular weight is 1040 g/mol. The fourth-order valence-corrected chi connectivity index (χ4v) is 10.0. The van der Waals surface area contributed by atoms with Crippen LogP contribution < -0.4 is 5.32 Å². The predicted octanol–water partition coefficient (Wildman–Crippen LogP) is 20.9. The number of aliphatic hydroxyl groups excluding tert-OH is 2. The summed E-state index contributed by atoms with van der Waals surface area (Å²) >= 11 is 0. The summed E-state index contributed by atoms with van der Waals surface area (Å²) in [4.78, 5) is 24.5. The van der Waals surface area contributed by atoms with Gasteiger partial charge in [-0.1, -0.05) is 300 Å². The Labute approximate surface area is 461 Å². The number of aliphatic hydroxyl groups is 2. The van der Waals surface area contributed by atoms with E-state index in [1.807, 2.05) is 6.08 Å². The van der Waals surface area contributed by atoms with Crippen LogP contribution in [0.3, 0.4) is 0 Å². The minimum atomic E-state index is -0.846. The van der Waals surface area contributed by atoms with E-state index < -0.39 is 12.1 Å². The maximum Gasteiger partial charge on any atom is 0.305 e. The molecule has 6 nitrogen and oxygen atoms in total. The van der Waals surface area contributed by atoms with Gasteiger partial charge in [0.25, 0.3) is 0 Å². The summed E-state index contributed by atoms with van der Waals surface area (Å²) < 4.78 is 5.47. The third kappa shape index (κ3) is 59.1. The molecule has 74 heavy (non-hydrogen) atoms. The normalized spacial score (nSPS) is 12.9. The topological polar surface area (TPSA) is 95.9 Å². The van der Waals surface area contributed by atoms with Crippen molar-refractivity contribution >= 4 is 11.9 Å². The number of allylic oxidation sites excluding steroid dienone is 7. The van der Waals surface area contributed by atoms with Gasteiger partial charge in [0.2, 0.25) is 5.91 Å². The molecule has 0 heterocycles. The van der Waals surface area contributed by atoms with Crippen LogP contribution in [0.1, 0.15) is 348 Å². The van der Waals surface area contributed by atoms with Gasteiger partial charge in [0.15, 0.2) is 0 Å². The summed E-state index contributed by atoms with van der Waals surface area (Å²) in [6, 6.07) is -0.629. The van der Waals surface area contributed by atoms with Gasteiger partial charge in [0.1, 0.15) is 0 Å². The van der Waals surface area contributed by atoms with E-state index in [0.29, 0.717) is 19.4 Å². The maximum absolute atomic E-state index is 12.5. The summed E-state index contributed by atoms with van der Waals surface area (Å²) in [5.74, 6) is -0.0680. The molecule has 0 aliphatic carbocycles. The zero-order chi connectivity index (χ0) is 53.6. The number of carbonyl (C=O) groups excluding carboxylic acids is 2. The Hall–Kier alpha value is -2.18. The number of unbranched alkanes of at least 4 members (excludes halogenated alkanes) is 44. The van der Waals surface area contributed by atoms with E-state index in [-0.39, 0.29) is 18.5 Å². The fourth-order valence-electron chi connectivity index (χ4n) is 10.0. The maximum atomic E-state index is 12.5. The number of ether oxygens (including phenoxy) is 1. The molecule has 434 valence electrons. The van der Waals surface area contributed by atoms with Crippen molar-refractivity contribution in [3.8, 4) is 0 Å². The van der Waals surface area contributed by atoms with Crippen LogP contribution >= 0.6 is 0 Å².